The molecule has 0 amide bonds. The first-order chi connectivity index (χ1) is 12.7. The Morgan fingerprint density at radius 3 is 2.46 bits per heavy atom. The van der Waals surface area contributed by atoms with Crippen LogP contribution in [0.15, 0.2) is 78.2 Å². The van der Waals surface area contributed by atoms with Gasteiger partial charge in [-0.2, -0.15) is 0 Å². The number of rotatable bonds is 7. The van der Waals surface area contributed by atoms with Crippen molar-refractivity contribution in [3.05, 3.63) is 110 Å². The van der Waals surface area contributed by atoms with Gasteiger partial charge in [0.25, 0.3) is 5.69 Å². The van der Waals surface area contributed by atoms with Gasteiger partial charge in [0.2, 0.25) is 0 Å². The summed E-state index contributed by atoms with van der Waals surface area (Å²) in [6.07, 6.45) is 4.25. The largest absolute Gasteiger partial charge is 0.272 e. The molecule has 1 unspecified atom stereocenters. The van der Waals surface area contributed by atoms with Crippen molar-refractivity contribution < 1.29 is 4.92 Å². The molecule has 0 radical (unpaired) electrons. The summed E-state index contributed by atoms with van der Waals surface area (Å²) < 4.78 is 0. The predicted molar refractivity (Wildman–Crippen MR) is 98.8 cm³/mol. The third-order valence-corrected chi connectivity index (χ3v) is 4.29. The first-order valence-electron chi connectivity index (χ1n) is 8.23. The van der Waals surface area contributed by atoms with E-state index >= 15 is 0 Å². The van der Waals surface area contributed by atoms with Crippen molar-refractivity contribution >= 4 is 5.69 Å². The highest BCUT2D eigenvalue weighted by atomic mass is 16.6. The maximum atomic E-state index is 11.6. The lowest BCUT2D eigenvalue weighted by molar-refractivity contribution is -0.385. The maximum Gasteiger partial charge on any atom is 0.272 e. The van der Waals surface area contributed by atoms with Crippen LogP contribution in [0.5, 0.6) is 0 Å². The van der Waals surface area contributed by atoms with Crippen LogP contribution in [0.4, 0.5) is 5.69 Å². The van der Waals surface area contributed by atoms with Gasteiger partial charge >= 0.3 is 0 Å². The van der Waals surface area contributed by atoms with E-state index < -0.39 is 11.0 Å². The summed E-state index contributed by atoms with van der Waals surface area (Å²) in [6, 6.07) is 17.2. The van der Waals surface area contributed by atoms with Gasteiger partial charge in [-0.05, 0) is 30.0 Å². The fraction of sp³-hybridized carbons (Fsp3) is 0.150. The van der Waals surface area contributed by atoms with Crippen molar-refractivity contribution in [3.63, 3.8) is 0 Å². The van der Waals surface area contributed by atoms with E-state index in [0.29, 0.717) is 29.5 Å². The number of nitroso groups, excluding NO2 is 1. The molecule has 3 rings (SSSR count). The molecule has 26 heavy (non-hydrogen) atoms. The summed E-state index contributed by atoms with van der Waals surface area (Å²) in [7, 11) is 0. The van der Waals surface area contributed by atoms with Crippen LogP contribution in [0.3, 0.4) is 0 Å². The van der Waals surface area contributed by atoms with E-state index in [1.54, 1.807) is 36.7 Å². The molecule has 0 fully saturated rings. The third kappa shape index (κ3) is 3.80. The van der Waals surface area contributed by atoms with Gasteiger partial charge in [0.1, 0.15) is 6.04 Å². The van der Waals surface area contributed by atoms with Crippen LogP contribution in [-0.2, 0) is 12.8 Å². The molecule has 0 bridgehead atoms. The average molecular weight is 347 g/mol. The lowest BCUT2D eigenvalue weighted by Crippen LogP contribution is -2.07. The van der Waals surface area contributed by atoms with Crippen molar-refractivity contribution in [1.29, 1.82) is 0 Å². The topological polar surface area (TPSA) is 85.5 Å². The number of pyridine rings is 1. The molecule has 0 aliphatic rings. The minimum absolute atomic E-state index is 0.0102. The van der Waals surface area contributed by atoms with E-state index in [9.17, 15) is 15.0 Å². The van der Waals surface area contributed by atoms with Crippen LogP contribution in [0.1, 0.15) is 28.3 Å². The zero-order valence-corrected chi connectivity index (χ0v) is 14.0. The molecule has 0 saturated carbocycles. The molecule has 2 aromatic carbocycles. The Labute approximate surface area is 150 Å². The summed E-state index contributed by atoms with van der Waals surface area (Å²) in [6.45, 7) is 0. The molecule has 1 atom stereocenters. The van der Waals surface area contributed by atoms with Gasteiger partial charge in [0.05, 0.1) is 4.92 Å². The van der Waals surface area contributed by atoms with Gasteiger partial charge in [-0.25, -0.2) is 0 Å². The fourth-order valence-corrected chi connectivity index (χ4v) is 3.04. The molecular weight excluding hydrogens is 330 g/mol. The zero-order valence-electron chi connectivity index (χ0n) is 14.0. The van der Waals surface area contributed by atoms with Crippen LogP contribution in [0.25, 0.3) is 0 Å². The summed E-state index contributed by atoms with van der Waals surface area (Å²) in [5.41, 5.74) is 2.79. The molecule has 1 heterocycles. The summed E-state index contributed by atoms with van der Waals surface area (Å²) in [4.78, 5) is 26.7. The highest BCUT2D eigenvalue weighted by Gasteiger charge is 2.24. The average Bonchev–Trinajstić information content (AvgIpc) is 2.69. The van der Waals surface area contributed by atoms with Crippen molar-refractivity contribution in [1.82, 2.24) is 4.98 Å². The summed E-state index contributed by atoms with van der Waals surface area (Å²) >= 11 is 0. The number of nitro benzene ring substituents is 1. The lowest BCUT2D eigenvalue weighted by atomic mass is 9.91. The molecule has 6 nitrogen and oxygen atoms in total. The van der Waals surface area contributed by atoms with Crippen molar-refractivity contribution in [3.8, 4) is 0 Å². The molecule has 6 heteroatoms. The number of hydrogen-bond donors (Lipinski definition) is 0. The van der Waals surface area contributed by atoms with E-state index in [1.165, 1.54) is 6.07 Å². The van der Waals surface area contributed by atoms with E-state index in [-0.39, 0.29) is 5.69 Å². The first kappa shape index (κ1) is 17.4. The molecule has 0 saturated heterocycles. The van der Waals surface area contributed by atoms with Crippen molar-refractivity contribution in [2.45, 2.75) is 18.9 Å². The number of nitro groups is 1. The second kappa shape index (κ2) is 8.11. The normalized spacial score (nSPS) is 11.7. The number of aromatic nitrogens is 1. The van der Waals surface area contributed by atoms with E-state index in [1.807, 2.05) is 30.3 Å². The number of aryl methyl sites for hydroxylation is 1. The van der Waals surface area contributed by atoms with Gasteiger partial charge in [-0.1, -0.05) is 53.7 Å². The van der Waals surface area contributed by atoms with Crippen molar-refractivity contribution in [2.24, 2.45) is 5.18 Å². The predicted octanol–water partition coefficient (Wildman–Crippen LogP) is 4.63. The van der Waals surface area contributed by atoms with Gasteiger partial charge in [-0.15, -0.1) is 4.91 Å². The number of nitrogens with zero attached hydrogens (tertiary/aromatic N) is 3. The highest BCUT2D eigenvalue weighted by Crippen LogP contribution is 2.33. The van der Waals surface area contributed by atoms with Crippen LogP contribution in [-0.4, -0.2) is 9.91 Å². The molecule has 3 aromatic rings. The first-order valence-corrected chi connectivity index (χ1v) is 8.23. The van der Waals surface area contributed by atoms with Crippen LogP contribution in [0, 0.1) is 15.0 Å². The second-order valence-corrected chi connectivity index (χ2v) is 5.88. The summed E-state index contributed by atoms with van der Waals surface area (Å²) in [5, 5.41) is 14.7. The Morgan fingerprint density at radius 1 is 1.00 bits per heavy atom. The number of hydrogen-bond acceptors (Lipinski definition) is 5. The molecular formula is C20H17N3O3. The second-order valence-electron chi connectivity index (χ2n) is 5.88. The molecule has 0 N–H and O–H groups in total. The molecule has 0 aliphatic carbocycles. The van der Waals surface area contributed by atoms with E-state index in [4.69, 9.17) is 0 Å². The van der Waals surface area contributed by atoms with Gasteiger partial charge in [0.15, 0.2) is 0 Å². The quantitative estimate of drug-likeness (QED) is 0.354. The Balaban J connectivity index is 2.02. The Kier molecular flexibility index (Phi) is 5.43. The molecule has 130 valence electrons. The van der Waals surface area contributed by atoms with Crippen LogP contribution >= 0.6 is 0 Å². The van der Waals surface area contributed by atoms with E-state index in [2.05, 4.69) is 10.2 Å². The Hall–Kier alpha value is -3.41. The van der Waals surface area contributed by atoms with Crippen LogP contribution in [0.2, 0.25) is 0 Å². The molecule has 0 aliphatic heterocycles. The lowest BCUT2D eigenvalue weighted by Gasteiger charge is -2.15. The monoisotopic (exact) mass is 347 g/mol. The fourth-order valence-electron chi connectivity index (χ4n) is 3.04. The minimum Gasteiger partial charge on any atom is -0.264 e. The third-order valence-electron chi connectivity index (χ3n) is 4.29. The number of benzene rings is 2. The minimum atomic E-state index is -0.825. The molecule has 0 spiro atoms. The molecule has 1 aromatic heterocycles. The maximum absolute atomic E-state index is 11.6. The van der Waals surface area contributed by atoms with Crippen LogP contribution < -0.4 is 0 Å². The van der Waals surface area contributed by atoms with Gasteiger partial charge in [-0.3, -0.25) is 15.1 Å². The Bertz CT molecular complexity index is 899. The van der Waals surface area contributed by atoms with Crippen molar-refractivity contribution in [2.75, 3.05) is 0 Å². The smallest absolute Gasteiger partial charge is 0.264 e. The van der Waals surface area contributed by atoms with Gasteiger partial charge < -0.3 is 0 Å². The zero-order chi connectivity index (χ0) is 18.4. The standard InChI is InChI=1S/C20H17N3O3/c24-22-20(16-8-5-13-21-14-16)18-9-4-10-19(23(25)26)17(18)12-11-15-6-2-1-3-7-15/h1-10,13-14,20H,11-12H2. The van der Waals surface area contributed by atoms with Gasteiger partial charge in [0, 0.05) is 29.6 Å². The SMILES string of the molecule is O=NC(c1cccnc1)c1cccc([N+](=O)[O-])c1CCc1ccccc1. The van der Waals surface area contributed by atoms with E-state index in [0.717, 1.165) is 5.56 Å². The Morgan fingerprint density at radius 2 is 1.81 bits per heavy atom. The summed E-state index contributed by atoms with van der Waals surface area (Å²) in [5.74, 6) is 0. The highest BCUT2D eigenvalue weighted by molar-refractivity contribution is 5.49.